The van der Waals surface area contributed by atoms with Crippen LogP contribution in [0.4, 0.5) is 0 Å². The molecule has 4 heterocycles. The fourth-order valence-corrected chi connectivity index (χ4v) is 4.27. The average molecular weight is 419 g/mol. The van der Waals surface area contributed by atoms with Crippen LogP contribution in [0.25, 0.3) is 0 Å². The third-order valence-electron chi connectivity index (χ3n) is 6.05. The summed E-state index contributed by atoms with van der Waals surface area (Å²) in [5, 5.41) is 3.50. The number of amides is 1. The van der Waals surface area contributed by atoms with E-state index in [1.54, 1.807) is 6.26 Å². The highest BCUT2D eigenvalue weighted by atomic mass is 16.5. The van der Waals surface area contributed by atoms with E-state index >= 15 is 0 Å². The van der Waals surface area contributed by atoms with Crippen LogP contribution in [0.3, 0.4) is 0 Å². The first-order chi connectivity index (χ1) is 14.8. The Morgan fingerprint density at radius 1 is 1.07 bits per heavy atom. The van der Waals surface area contributed by atoms with Crippen LogP contribution in [0.15, 0.2) is 27.8 Å². The van der Waals surface area contributed by atoms with Crippen molar-refractivity contribution in [2.75, 3.05) is 52.5 Å². The van der Waals surface area contributed by atoms with Gasteiger partial charge in [0.25, 0.3) is 5.91 Å². The first kappa shape index (κ1) is 21.2. The summed E-state index contributed by atoms with van der Waals surface area (Å²) in [5.74, 6) is 2.01. The molecule has 0 bridgehead atoms. The van der Waals surface area contributed by atoms with Crippen LogP contribution in [0.1, 0.15) is 37.9 Å². The maximum atomic E-state index is 12.6. The van der Waals surface area contributed by atoms with Gasteiger partial charge in [0.15, 0.2) is 5.96 Å². The standard InChI is InChI=1S/C22H34N4O4/c27-21(20-7-4-16-30-20)25-10-12-26(13-11-25)22(23-9-8-18-6-3-15-28-18)24-17-19-5-1-2-14-29-19/h3,6,15,19-20H,1-2,4-5,7-14,16-17H2,(H,23,24). The number of carbonyl (C=O) groups excluding carboxylic acids is 1. The zero-order chi connectivity index (χ0) is 20.6. The van der Waals surface area contributed by atoms with E-state index in [0.29, 0.717) is 26.2 Å². The van der Waals surface area contributed by atoms with Crippen molar-refractivity contribution in [2.45, 2.75) is 50.7 Å². The molecule has 3 fully saturated rings. The molecular formula is C22H34N4O4. The SMILES string of the molecule is O=C(C1CCCO1)N1CCN(C(=NCC2CCCCO2)NCCc2ccco2)CC1. The van der Waals surface area contributed by atoms with E-state index < -0.39 is 0 Å². The highest BCUT2D eigenvalue weighted by Crippen LogP contribution is 2.16. The van der Waals surface area contributed by atoms with Crippen molar-refractivity contribution >= 4 is 11.9 Å². The zero-order valence-electron chi connectivity index (χ0n) is 17.8. The summed E-state index contributed by atoms with van der Waals surface area (Å²) in [6.45, 7) is 5.94. The number of furan rings is 1. The molecule has 2 atom stereocenters. The molecule has 0 aromatic carbocycles. The van der Waals surface area contributed by atoms with Gasteiger partial charge in [0.05, 0.1) is 18.9 Å². The second-order valence-electron chi connectivity index (χ2n) is 8.22. The fraction of sp³-hybridized carbons (Fsp3) is 0.727. The largest absolute Gasteiger partial charge is 0.469 e. The number of ether oxygens (including phenoxy) is 2. The Morgan fingerprint density at radius 2 is 1.90 bits per heavy atom. The highest BCUT2D eigenvalue weighted by molar-refractivity contribution is 5.83. The Kier molecular flexibility index (Phi) is 7.64. The molecule has 1 N–H and O–H groups in total. The van der Waals surface area contributed by atoms with Crippen LogP contribution < -0.4 is 5.32 Å². The number of rotatable bonds is 6. The third-order valence-corrected chi connectivity index (χ3v) is 6.05. The van der Waals surface area contributed by atoms with E-state index in [1.807, 2.05) is 17.0 Å². The lowest BCUT2D eigenvalue weighted by atomic mass is 10.1. The number of guanidine groups is 1. The quantitative estimate of drug-likeness (QED) is 0.559. The second kappa shape index (κ2) is 10.8. The molecule has 3 aliphatic heterocycles. The van der Waals surface area contributed by atoms with Gasteiger partial charge in [-0.15, -0.1) is 0 Å². The van der Waals surface area contributed by atoms with Crippen LogP contribution in [-0.2, 0) is 20.7 Å². The van der Waals surface area contributed by atoms with Gasteiger partial charge >= 0.3 is 0 Å². The molecule has 8 nitrogen and oxygen atoms in total. The number of hydrogen-bond donors (Lipinski definition) is 1. The zero-order valence-corrected chi connectivity index (χ0v) is 17.8. The molecule has 3 aliphatic rings. The van der Waals surface area contributed by atoms with Gasteiger partial charge in [-0.2, -0.15) is 0 Å². The summed E-state index contributed by atoms with van der Waals surface area (Å²) < 4.78 is 16.9. The second-order valence-corrected chi connectivity index (χ2v) is 8.22. The van der Waals surface area contributed by atoms with Crippen molar-refractivity contribution in [3.05, 3.63) is 24.2 Å². The Balaban J connectivity index is 1.31. The third kappa shape index (κ3) is 5.76. The molecule has 1 amide bonds. The topological polar surface area (TPSA) is 79.5 Å². The Bertz CT molecular complexity index is 673. The molecular weight excluding hydrogens is 384 g/mol. The van der Waals surface area contributed by atoms with Crippen LogP contribution in [0, 0.1) is 0 Å². The molecule has 4 rings (SSSR count). The van der Waals surface area contributed by atoms with Gasteiger partial charge in [-0.1, -0.05) is 0 Å². The molecule has 0 aliphatic carbocycles. The van der Waals surface area contributed by atoms with E-state index in [1.165, 1.54) is 6.42 Å². The Labute approximate surface area is 178 Å². The molecule has 166 valence electrons. The minimum absolute atomic E-state index is 0.145. The predicted molar refractivity (Wildman–Crippen MR) is 113 cm³/mol. The lowest BCUT2D eigenvalue weighted by Gasteiger charge is -2.37. The maximum Gasteiger partial charge on any atom is 0.251 e. The molecule has 3 saturated heterocycles. The lowest BCUT2D eigenvalue weighted by Crippen LogP contribution is -2.55. The van der Waals surface area contributed by atoms with E-state index in [9.17, 15) is 4.79 Å². The van der Waals surface area contributed by atoms with E-state index in [2.05, 4.69) is 10.2 Å². The van der Waals surface area contributed by atoms with Gasteiger partial charge in [-0.25, -0.2) is 0 Å². The number of nitrogens with one attached hydrogen (secondary N) is 1. The maximum absolute atomic E-state index is 12.6. The molecule has 1 aromatic rings. The van der Waals surface area contributed by atoms with Crippen molar-refractivity contribution < 1.29 is 18.7 Å². The number of piperazine rings is 1. The first-order valence-corrected chi connectivity index (χ1v) is 11.4. The average Bonchev–Trinajstić information content (AvgIpc) is 3.51. The minimum atomic E-state index is -0.237. The van der Waals surface area contributed by atoms with Crippen molar-refractivity contribution in [1.29, 1.82) is 0 Å². The highest BCUT2D eigenvalue weighted by Gasteiger charge is 2.31. The minimum Gasteiger partial charge on any atom is -0.469 e. The van der Waals surface area contributed by atoms with Crippen molar-refractivity contribution in [3.63, 3.8) is 0 Å². The summed E-state index contributed by atoms with van der Waals surface area (Å²) in [6, 6.07) is 3.90. The molecule has 1 aromatic heterocycles. The van der Waals surface area contributed by atoms with E-state index in [4.69, 9.17) is 18.9 Å². The van der Waals surface area contributed by atoms with E-state index in [-0.39, 0.29) is 18.1 Å². The summed E-state index contributed by atoms with van der Waals surface area (Å²) in [4.78, 5) is 21.7. The Morgan fingerprint density at radius 3 is 2.60 bits per heavy atom. The van der Waals surface area contributed by atoms with Crippen LogP contribution in [-0.4, -0.2) is 86.4 Å². The monoisotopic (exact) mass is 418 g/mol. The van der Waals surface area contributed by atoms with Gasteiger partial charge < -0.3 is 29.0 Å². The Hall–Kier alpha value is -2.06. The van der Waals surface area contributed by atoms with Crippen LogP contribution in [0.5, 0.6) is 0 Å². The molecule has 0 radical (unpaired) electrons. The summed E-state index contributed by atoms with van der Waals surface area (Å²) in [5.41, 5.74) is 0. The molecule has 30 heavy (non-hydrogen) atoms. The van der Waals surface area contributed by atoms with Crippen molar-refractivity contribution in [2.24, 2.45) is 4.99 Å². The van der Waals surface area contributed by atoms with Crippen molar-refractivity contribution in [3.8, 4) is 0 Å². The smallest absolute Gasteiger partial charge is 0.251 e. The summed E-state index contributed by atoms with van der Waals surface area (Å²) >= 11 is 0. The van der Waals surface area contributed by atoms with Crippen molar-refractivity contribution in [1.82, 2.24) is 15.1 Å². The van der Waals surface area contributed by atoms with Gasteiger partial charge in [0, 0.05) is 52.4 Å². The predicted octanol–water partition coefficient (Wildman–Crippen LogP) is 1.66. The summed E-state index contributed by atoms with van der Waals surface area (Å²) in [6.07, 6.45) is 7.76. The number of nitrogens with zero attached hydrogens (tertiary/aromatic N) is 3. The van der Waals surface area contributed by atoms with Crippen LogP contribution >= 0.6 is 0 Å². The number of hydrogen-bond acceptors (Lipinski definition) is 5. The molecule has 2 unspecified atom stereocenters. The normalized spacial score (nSPS) is 25.5. The number of aliphatic imine (C=N–C) groups is 1. The molecule has 0 saturated carbocycles. The molecule has 8 heteroatoms. The van der Waals surface area contributed by atoms with Gasteiger partial charge in [0.1, 0.15) is 11.9 Å². The first-order valence-electron chi connectivity index (χ1n) is 11.4. The summed E-state index contributed by atoms with van der Waals surface area (Å²) in [7, 11) is 0. The van der Waals surface area contributed by atoms with Gasteiger partial charge in [-0.3, -0.25) is 9.79 Å². The van der Waals surface area contributed by atoms with Gasteiger partial charge in [0.2, 0.25) is 0 Å². The van der Waals surface area contributed by atoms with Crippen LogP contribution in [0.2, 0.25) is 0 Å². The van der Waals surface area contributed by atoms with E-state index in [0.717, 1.165) is 70.1 Å². The lowest BCUT2D eigenvalue weighted by molar-refractivity contribution is -0.142. The fourth-order valence-electron chi connectivity index (χ4n) is 4.27. The molecule has 0 spiro atoms. The van der Waals surface area contributed by atoms with Gasteiger partial charge in [-0.05, 0) is 44.2 Å². The number of carbonyl (C=O) groups is 1.